The van der Waals surface area contributed by atoms with E-state index in [2.05, 4.69) is 20.0 Å². The molecule has 1 aromatic heterocycles. The molecule has 0 radical (unpaired) electrons. The largest absolute Gasteiger partial charge is 0.465 e. The minimum Gasteiger partial charge on any atom is -0.465 e. The average molecular weight is 551 g/mol. The van der Waals surface area contributed by atoms with E-state index in [1.807, 2.05) is 56.3 Å². The quantitative estimate of drug-likeness (QED) is 0.182. The lowest BCUT2D eigenvalue weighted by molar-refractivity contribution is 0.0592. The number of hydrogen-bond donors (Lipinski definition) is 3. The van der Waals surface area contributed by atoms with Crippen LogP contribution >= 0.6 is 0 Å². The number of aromatic nitrogens is 2. The first kappa shape index (κ1) is 28.6. The molecule has 41 heavy (non-hydrogen) atoms. The number of hydrogen-bond acceptors (Lipinski definition) is 7. The predicted octanol–water partition coefficient (Wildman–Crippen LogP) is 5.94. The van der Waals surface area contributed by atoms with Gasteiger partial charge in [-0.05, 0) is 62.4 Å². The van der Waals surface area contributed by atoms with Gasteiger partial charge in [0, 0.05) is 11.1 Å². The molecule has 0 spiro atoms. The number of ether oxygens (including phenoxy) is 2. The van der Waals surface area contributed by atoms with Gasteiger partial charge in [0.25, 0.3) is 5.91 Å². The molecule has 5 aromatic rings. The van der Waals surface area contributed by atoms with Crippen molar-refractivity contribution in [3.8, 4) is 11.4 Å². The van der Waals surface area contributed by atoms with Gasteiger partial charge in [0.15, 0.2) is 0 Å². The number of nitrogens with one attached hydrogen (secondary N) is 2. The second kappa shape index (κ2) is 12.6. The summed E-state index contributed by atoms with van der Waals surface area (Å²) in [4.78, 5) is 42.8. The Morgan fingerprint density at radius 2 is 1.27 bits per heavy atom. The SMILES string of the molecule is COC(=O)c1ccc(NC(=O)c2ccc(C)cc2)c(N)c1.COC(=O)c1ccc2nc(-c3ccc(C)cc3)[nH]c2c1. The topological polar surface area (TPSA) is 136 Å². The number of amides is 1. The van der Waals surface area contributed by atoms with Gasteiger partial charge in [-0.25, -0.2) is 14.6 Å². The molecule has 9 nitrogen and oxygen atoms in total. The number of H-pyrrole nitrogens is 1. The van der Waals surface area contributed by atoms with Crippen LogP contribution in [0.15, 0.2) is 84.9 Å². The number of rotatable bonds is 5. The van der Waals surface area contributed by atoms with Gasteiger partial charge in [-0.15, -0.1) is 0 Å². The van der Waals surface area contributed by atoms with E-state index in [0.717, 1.165) is 28.0 Å². The van der Waals surface area contributed by atoms with E-state index in [1.165, 1.54) is 25.8 Å². The molecule has 4 N–H and O–H groups in total. The van der Waals surface area contributed by atoms with E-state index in [0.29, 0.717) is 28.1 Å². The highest BCUT2D eigenvalue weighted by atomic mass is 16.5. The van der Waals surface area contributed by atoms with Crippen molar-refractivity contribution in [1.29, 1.82) is 0 Å². The molecule has 1 amide bonds. The highest BCUT2D eigenvalue weighted by molar-refractivity contribution is 6.06. The summed E-state index contributed by atoms with van der Waals surface area (Å²) in [5.41, 5.74) is 12.9. The molecule has 0 unspecified atom stereocenters. The van der Waals surface area contributed by atoms with Gasteiger partial charge in [0.05, 0.1) is 47.8 Å². The number of nitrogens with two attached hydrogens (primary N) is 1. The standard InChI is InChI=1S/C16H16N2O3.C16H14N2O2/c1-10-3-5-11(6-4-10)15(19)18-14-8-7-12(9-13(14)17)16(20)21-2;1-10-3-5-11(6-4-10)15-17-13-8-7-12(16(19)20-2)9-14(13)18-15/h3-9H,17H2,1-2H3,(H,18,19);3-9H,1-2H3,(H,17,18). The highest BCUT2D eigenvalue weighted by Crippen LogP contribution is 2.23. The van der Waals surface area contributed by atoms with E-state index >= 15 is 0 Å². The average Bonchev–Trinajstić information content (AvgIpc) is 3.42. The number of fused-ring (bicyclic) bond motifs is 1. The fourth-order valence-corrected chi connectivity index (χ4v) is 3.92. The van der Waals surface area contributed by atoms with Gasteiger partial charge in [-0.2, -0.15) is 0 Å². The molecule has 0 fully saturated rings. The molecular weight excluding hydrogens is 520 g/mol. The van der Waals surface area contributed by atoms with Crippen molar-refractivity contribution in [3.05, 3.63) is 113 Å². The Labute approximate surface area is 237 Å². The minimum absolute atomic E-state index is 0.257. The number of methoxy groups -OCH3 is 2. The molecule has 208 valence electrons. The fourth-order valence-electron chi connectivity index (χ4n) is 3.92. The summed E-state index contributed by atoms with van der Waals surface area (Å²) in [6.45, 7) is 4.00. The van der Waals surface area contributed by atoms with Crippen LogP contribution in [0.4, 0.5) is 11.4 Å². The van der Waals surface area contributed by atoms with Crippen molar-refractivity contribution >= 4 is 40.3 Å². The summed E-state index contributed by atoms with van der Waals surface area (Å²) < 4.78 is 9.33. The zero-order valence-electron chi connectivity index (χ0n) is 23.1. The third kappa shape index (κ3) is 6.96. The molecule has 0 atom stereocenters. The molecule has 0 aliphatic carbocycles. The first-order valence-electron chi connectivity index (χ1n) is 12.7. The van der Waals surface area contributed by atoms with Crippen molar-refractivity contribution < 1.29 is 23.9 Å². The highest BCUT2D eigenvalue weighted by Gasteiger charge is 2.12. The number of aromatic amines is 1. The number of nitrogens with zero attached hydrogens (tertiary/aromatic N) is 1. The van der Waals surface area contributed by atoms with E-state index < -0.39 is 5.97 Å². The Bertz CT molecular complexity index is 1710. The van der Waals surface area contributed by atoms with Crippen molar-refractivity contribution in [2.75, 3.05) is 25.3 Å². The zero-order chi connectivity index (χ0) is 29.5. The number of carbonyl (C=O) groups excluding carboxylic acids is 3. The Morgan fingerprint density at radius 1 is 0.732 bits per heavy atom. The molecule has 0 saturated heterocycles. The maximum absolute atomic E-state index is 12.1. The van der Waals surface area contributed by atoms with Crippen molar-refractivity contribution in [1.82, 2.24) is 9.97 Å². The van der Waals surface area contributed by atoms with Crippen LogP contribution in [0.25, 0.3) is 22.4 Å². The lowest BCUT2D eigenvalue weighted by atomic mass is 10.1. The first-order valence-corrected chi connectivity index (χ1v) is 12.7. The summed E-state index contributed by atoms with van der Waals surface area (Å²) in [7, 11) is 2.67. The van der Waals surface area contributed by atoms with E-state index in [4.69, 9.17) is 10.5 Å². The Kier molecular flexibility index (Phi) is 8.79. The van der Waals surface area contributed by atoms with Gasteiger partial charge >= 0.3 is 11.9 Å². The number of imidazole rings is 1. The second-order valence-electron chi connectivity index (χ2n) is 9.29. The molecule has 1 heterocycles. The van der Waals surface area contributed by atoms with E-state index in [1.54, 1.807) is 36.4 Å². The van der Waals surface area contributed by atoms with E-state index in [-0.39, 0.29) is 11.9 Å². The number of anilines is 2. The van der Waals surface area contributed by atoms with Crippen LogP contribution in [0.5, 0.6) is 0 Å². The lowest BCUT2D eigenvalue weighted by Crippen LogP contribution is -2.13. The van der Waals surface area contributed by atoms with Gasteiger partial charge < -0.3 is 25.5 Å². The summed E-state index contributed by atoms with van der Waals surface area (Å²) in [5, 5.41) is 2.71. The molecule has 0 aliphatic heterocycles. The van der Waals surface area contributed by atoms with Crippen LogP contribution in [0, 0.1) is 13.8 Å². The number of carbonyl (C=O) groups is 3. The van der Waals surface area contributed by atoms with E-state index in [9.17, 15) is 14.4 Å². The maximum Gasteiger partial charge on any atom is 0.337 e. The third-order valence-corrected chi connectivity index (χ3v) is 6.26. The molecule has 0 saturated carbocycles. The summed E-state index contributed by atoms with van der Waals surface area (Å²) >= 11 is 0. The summed E-state index contributed by atoms with van der Waals surface area (Å²) in [5.74, 6) is -0.286. The summed E-state index contributed by atoms with van der Waals surface area (Å²) in [6, 6.07) is 25.2. The molecule has 0 aliphatic rings. The minimum atomic E-state index is -0.474. The first-order chi connectivity index (χ1) is 19.7. The van der Waals surface area contributed by atoms with Gasteiger partial charge in [-0.1, -0.05) is 47.5 Å². The number of benzene rings is 4. The number of esters is 2. The van der Waals surface area contributed by atoms with Crippen molar-refractivity contribution in [2.45, 2.75) is 13.8 Å². The lowest BCUT2D eigenvalue weighted by Gasteiger charge is -2.09. The van der Waals surface area contributed by atoms with Crippen molar-refractivity contribution in [3.63, 3.8) is 0 Å². The molecular formula is C32H30N4O5. The third-order valence-electron chi connectivity index (χ3n) is 6.26. The molecule has 4 aromatic carbocycles. The normalized spacial score (nSPS) is 10.3. The smallest absolute Gasteiger partial charge is 0.337 e. The van der Waals surface area contributed by atoms with Crippen LogP contribution in [0.3, 0.4) is 0 Å². The van der Waals surface area contributed by atoms with Crippen LogP contribution in [-0.4, -0.2) is 42.0 Å². The number of aryl methyl sites for hydroxylation is 2. The predicted molar refractivity (Wildman–Crippen MR) is 159 cm³/mol. The van der Waals surface area contributed by atoms with Crippen LogP contribution in [-0.2, 0) is 9.47 Å². The molecule has 9 heteroatoms. The Hall–Kier alpha value is -5.44. The summed E-state index contributed by atoms with van der Waals surface area (Å²) in [6.07, 6.45) is 0. The Balaban J connectivity index is 0.000000189. The second-order valence-corrected chi connectivity index (χ2v) is 9.29. The van der Waals surface area contributed by atoms with Gasteiger partial charge in [0.2, 0.25) is 0 Å². The number of nitrogen functional groups attached to an aromatic ring is 1. The van der Waals surface area contributed by atoms with Crippen LogP contribution < -0.4 is 11.1 Å². The maximum atomic E-state index is 12.1. The monoisotopic (exact) mass is 550 g/mol. The van der Waals surface area contributed by atoms with Gasteiger partial charge in [-0.3, -0.25) is 4.79 Å². The zero-order valence-corrected chi connectivity index (χ0v) is 23.1. The molecule has 5 rings (SSSR count). The Morgan fingerprint density at radius 3 is 1.85 bits per heavy atom. The van der Waals surface area contributed by atoms with Crippen LogP contribution in [0.2, 0.25) is 0 Å². The molecule has 0 bridgehead atoms. The van der Waals surface area contributed by atoms with Crippen molar-refractivity contribution in [2.24, 2.45) is 0 Å². The fraction of sp³-hybridized carbons (Fsp3) is 0.125. The van der Waals surface area contributed by atoms with Gasteiger partial charge in [0.1, 0.15) is 5.82 Å². The van der Waals surface area contributed by atoms with Crippen LogP contribution in [0.1, 0.15) is 42.2 Å².